The lowest BCUT2D eigenvalue weighted by Crippen LogP contribution is -2.35. The molecule has 19 heavy (non-hydrogen) atoms. The molecular weight excluding hydrogens is 252 g/mol. The summed E-state index contributed by atoms with van der Waals surface area (Å²) in [5.74, 6) is -1.33. The number of carbonyl (C=O) groups is 3. The standard InChI is InChI=1S/C13H16O6/c1-5(14)18-9-3-7-10-8(4-17-13(10)16)11(9)12(7)19-6(2)15/h7-12H,3-4H2,1-2H3/t7-,8-,9-,10-,11+,12+/m0/s1. The summed E-state index contributed by atoms with van der Waals surface area (Å²) in [5.41, 5.74) is 0. The van der Waals surface area contributed by atoms with E-state index in [-0.39, 0.29) is 53.8 Å². The molecular formula is C13H16O6. The van der Waals surface area contributed by atoms with E-state index in [9.17, 15) is 14.4 Å². The zero-order chi connectivity index (χ0) is 13.7. The third-order valence-corrected chi connectivity index (χ3v) is 4.46. The van der Waals surface area contributed by atoms with E-state index >= 15 is 0 Å². The quantitative estimate of drug-likeness (QED) is 0.529. The van der Waals surface area contributed by atoms with Gasteiger partial charge in [-0.2, -0.15) is 0 Å². The van der Waals surface area contributed by atoms with Crippen LogP contribution in [0.1, 0.15) is 20.3 Å². The lowest BCUT2D eigenvalue weighted by atomic mass is 9.80. The summed E-state index contributed by atoms with van der Waals surface area (Å²) < 4.78 is 15.7. The highest BCUT2D eigenvalue weighted by Crippen LogP contribution is 2.57. The zero-order valence-electron chi connectivity index (χ0n) is 10.8. The smallest absolute Gasteiger partial charge is 0.309 e. The Balaban J connectivity index is 1.85. The van der Waals surface area contributed by atoms with Crippen LogP contribution < -0.4 is 0 Å². The minimum Gasteiger partial charge on any atom is -0.465 e. The van der Waals surface area contributed by atoms with Gasteiger partial charge in [-0.3, -0.25) is 14.4 Å². The van der Waals surface area contributed by atoms with Crippen molar-refractivity contribution < 1.29 is 28.6 Å². The molecule has 104 valence electrons. The number of carbonyl (C=O) groups excluding carboxylic acids is 3. The maximum absolute atomic E-state index is 11.7. The molecule has 1 aliphatic heterocycles. The van der Waals surface area contributed by atoms with E-state index in [0.29, 0.717) is 13.0 Å². The minimum absolute atomic E-state index is 0.0000463. The van der Waals surface area contributed by atoms with Gasteiger partial charge in [-0.1, -0.05) is 0 Å². The fourth-order valence-electron chi connectivity index (χ4n) is 4.02. The lowest BCUT2D eigenvalue weighted by Gasteiger charge is -2.27. The highest BCUT2D eigenvalue weighted by atomic mass is 16.6. The predicted octanol–water partition coefficient (Wildman–Crippen LogP) is 0.289. The number of ether oxygens (including phenoxy) is 3. The van der Waals surface area contributed by atoms with Crippen LogP contribution in [0.4, 0.5) is 0 Å². The van der Waals surface area contributed by atoms with Crippen molar-refractivity contribution in [2.75, 3.05) is 6.61 Å². The summed E-state index contributed by atoms with van der Waals surface area (Å²) in [6, 6.07) is 0. The zero-order valence-corrected chi connectivity index (χ0v) is 10.8. The number of fused-ring (bicyclic) bond motifs is 5. The molecule has 2 aliphatic carbocycles. The first-order valence-corrected chi connectivity index (χ1v) is 6.50. The molecule has 6 heteroatoms. The molecule has 2 saturated carbocycles. The Labute approximate surface area is 110 Å². The molecule has 6 atom stereocenters. The number of cyclic esters (lactones) is 1. The van der Waals surface area contributed by atoms with Crippen LogP contribution in [0, 0.1) is 23.7 Å². The molecule has 0 radical (unpaired) electrons. The Kier molecular flexibility index (Phi) is 2.76. The first kappa shape index (κ1) is 12.4. The maximum atomic E-state index is 11.7. The van der Waals surface area contributed by atoms with Crippen LogP contribution in [-0.4, -0.2) is 36.7 Å². The van der Waals surface area contributed by atoms with Gasteiger partial charge in [0, 0.05) is 31.6 Å². The molecule has 0 aromatic carbocycles. The Morgan fingerprint density at radius 3 is 2.47 bits per heavy atom. The normalized spacial score (nSPS) is 42.7. The van der Waals surface area contributed by atoms with Crippen molar-refractivity contribution in [3.05, 3.63) is 0 Å². The van der Waals surface area contributed by atoms with Crippen molar-refractivity contribution in [2.24, 2.45) is 23.7 Å². The third kappa shape index (κ3) is 1.81. The van der Waals surface area contributed by atoms with Gasteiger partial charge < -0.3 is 14.2 Å². The Morgan fingerprint density at radius 1 is 1.16 bits per heavy atom. The second kappa shape index (κ2) is 4.21. The molecule has 1 heterocycles. The van der Waals surface area contributed by atoms with Crippen molar-refractivity contribution >= 4 is 17.9 Å². The van der Waals surface area contributed by atoms with Gasteiger partial charge in [-0.25, -0.2) is 0 Å². The molecule has 3 rings (SSSR count). The summed E-state index contributed by atoms with van der Waals surface area (Å²) >= 11 is 0. The minimum atomic E-state index is -0.364. The van der Waals surface area contributed by atoms with Crippen LogP contribution in [0.2, 0.25) is 0 Å². The Hall–Kier alpha value is -1.59. The summed E-state index contributed by atoms with van der Waals surface area (Å²) in [6.45, 7) is 3.05. The van der Waals surface area contributed by atoms with E-state index in [0.717, 1.165) is 0 Å². The molecule has 6 nitrogen and oxygen atoms in total. The van der Waals surface area contributed by atoms with Crippen LogP contribution in [0.25, 0.3) is 0 Å². The Bertz CT molecular complexity index is 444. The largest absolute Gasteiger partial charge is 0.465 e. The molecule has 1 saturated heterocycles. The first-order valence-electron chi connectivity index (χ1n) is 6.50. The van der Waals surface area contributed by atoms with Gasteiger partial charge in [-0.15, -0.1) is 0 Å². The van der Waals surface area contributed by atoms with Crippen molar-refractivity contribution in [1.29, 1.82) is 0 Å². The molecule has 0 unspecified atom stereocenters. The number of rotatable bonds is 2. The maximum Gasteiger partial charge on any atom is 0.309 e. The van der Waals surface area contributed by atoms with Gasteiger partial charge in [0.1, 0.15) is 12.2 Å². The van der Waals surface area contributed by atoms with Crippen LogP contribution in [0.15, 0.2) is 0 Å². The number of esters is 3. The predicted molar refractivity (Wildman–Crippen MR) is 60.6 cm³/mol. The third-order valence-electron chi connectivity index (χ3n) is 4.46. The van der Waals surface area contributed by atoms with E-state index in [1.807, 2.05) is 0 Å². The van der Waals surface area contributed by atoms with E-state index in [1.165, 1.54) is 13.8 Å². The second-order valence-electron chi connectivity index (χ2n) is 5.52. The van der Waals surface area contributed by atoms with E-state index in [2.05, 4.69) is 0 Å². The van der Waals surface area contributed by atoms with Gasteiger partial charge in [-0.05, 0) is 6.42 Å². The first-order chi connectivity index (χ1) is 8.99. The van der Waals surface area contributed by atoms with Crippen LogP contribution >= 0.6 is 0 Å². The summed E-state index contributed by atoms with van der Waals surface area (Å²) in [6.07, 6.45) is -0.0364. The summed E-state index contributed by atoms with van der Waals surface area (Å²) in [4.78, 5) is 34.1. The number of hydrogen-bond donors (Lipinski definition) is 0. The van der Waals surface area contributed by atoms with Gasteiger partial charge in [0.25, 0.3) is 0 Å². The van der Waals surface area contributed by atoms with Crippen LogP contribution in [0.5, 0.6) is 0 Å². The van der Waals surface area contributed by atoms with Crippen molar-refractivity contribution in [3.63, 3.8) is 0 Å². The van der Waals surface area contributed by atoms with Gasteiger partial charge >= 0.3 is 17.9 Å². The van der Waals surface area contributed by atoms with Crippen LogP contribution in [0.3, 0.4) is 0 Å². The van der Waals surface area contributed by atoms with E-state index < -0.39 is 0 Å². The lowest BCUT2D eigenvalue weighted by molar-refractivity contribution is -0.155. The molecule has 3 fully saturated rings. The topological polar surface area (TPSA) is 78.9 Å². The SMILES string of the molecule is CC(=O)O[C@@H]1[C@H]2C[C@H](OC(C)=O)[C@H]1[C@H]1COC(=O)[C@@H]21. The van der Waals surface area contributed by atoms with E-state index in [4.69, 9.17) is 14.2 Å². The molecule has 0 N–H and O–H groups in total. The molecule has 0 aromatic heterocycles. The fourth-order valence-corrected chi connectivity index (χ4v) is 4.02. The second-order valence-corrected chi connectivity index (χ2v) is 5.52. The molecule has 0 aromatic rings. The highest BCUT2D eigenvalue weighted by molar-refractivity contribution is 5.77. The summed E-state index contributed by atoms with van der Waals surface area (Å²) in [7, 11) is 0. The monoisotopic (exact) mass is 268 g/mol. The Morgan fingerprint density at radius 2 is 1.84 bits per heavy atom. The van der Waals surface area contributed by atoms with Crippen molar-refractivity contribution in [3.8, 4) is 0 Å². The summed E-state index contributed by atoms with van der Waals surface area (Å²) in [5, 5.41) is 0. The number of hydrogen-bond acceptors (Lipinski definition) is 6. The van der Waals surface area contributed by atoms with Crippen molar-refractivity contribution in [1.82, 2.24) is 0 Å². The molecule has 3 aliphatic rings. The molecule has 0 amide bonds. The van der Waals surface area contributed by atoms with E-state index in [1.54, 1.807) is 0 Å². The molecule has 2 bridgehead atoms. The van der Waals surface area contributed by atoms with Gasteiger partial charge in [0.05, 0.1) is 12.5 Å². The fraction of sp³-hybridized carbons (Fsp3) is 0.769. The molecule has 0 spiro atoms. The average molecular weight is 268 g/mol. The van der Waals surface area contributed by atoms with Gasteiger partial charge in [0.2, 0.25) is 0 Å². The van der Waals surface area contributed by atoms with Crippen LogP contribution in [-0.2, 0) is 28.6 Å². The van der Waals surface area contributed by atoms with Gasteiger partial charge in [0.15, 0.2) is 0 Å². The highest BCUT2D eigenvalue weighted by Gasteiger charge is 2.66. The van der Waals surface area contributed by atoms with Crippen molar-refractivity contribution in [2.45, 2.75) is 32.5 Å². The average Bonchev–Trinajstić information content (AvgIpc) is 2.89.